The van der Waals surface area contributed by atoms with Crippen LogP contribution < -0.4 is 0 Å². The van der Waals surface area contributed by atoms with E-state index in [0.717, 1.165) is 18.4 Å². The quantitative estimate of drug-likeness (QED) is 0.804. The molecule has 1 saturated carbocycles. The van der Waals surface area contributed by atoms with Gasteiger partial charge in [-0.2, -0.15) is 0 Å². The Morgan fingerprint density at radius 2 is 1.38 bits per heavy atom. The molecule has 1 aromatic rings. The molecule has 1 nitrogen and oxygen atoms in total. The Morgan fingerprint density at radius 1 is 0.938 bits per heavy atom. The minimum absolute atomic E-state index is 0.184. The highest BCUT2D eigenvalue weighted by Gasteiger charge is 2.41. The van der Waals surface area contributed by atoms with Crippen LogP contribution in [0.5, 0.6) is 0 Å². The second kappa shape index (κ2) is 3.59. The largest absolute Gasteiger partial charge is 0.385 e. The molecule has 0 unspecified atom stereocenters. The monoisotopic (exact) mass is 218 g/mol. The number of aliphatic hydroxyl groups is 1. The van der Waals surface area contributed by atoms with E-state index < -0.39 is 5.60 Å². The van der Waals surface area contributed by atoms with Gasteiger partial charge in [-0.15, -0.1) is 0 Å². The summed E-state index contributed by atoms with van der Waals surface area (Å²) in [5, 5.41) is 10.4. The van der Waals surface area contributed by atoms with E-state index in [1.54, 1.807) is 0 Å². The molecule has 0 spiro atoms. The Kier molecular flexibility index (Phi) is 2.62. The summed E-state index contributed by atoms with van der Waals surface area (Å²) in [4.78, 5) is 0. The van der Waals surface area contributed by atoms with Crippen LogP contribution in [0.25, 0.3) is 0 Å². The normalized spacial score (nSPS) is 20.6. The van der Waals surface area contributed by atoms with E-state index in [2.05, 4.69) is 45.0 Å². The molecule has 1 aliphatic rings. The first kappa shape index (κ1) is 11.7. The van der Waals surface area contributed by atoms with Gasteiger partial charge >= 0.3 is 0 Å². The molecule has 1 aromatic carbocycles. The lowest BCUT2D eigenvalue weighted by atomic mass is 9.84. The molecule has 2 rings (SSSR count). The summed E-state index contributed by atoms with van der Waals surface area (Å²) in [6.45, 7) is 8.57. The SMILES string of the molecule is CC(C)(C)c1ccc([C@](C)(O)C2CC2)cc1. The maximum Gasteiger partial charge on any atom is 0.0896 e. The number of rotatable bonds is 2. The summed E-state index contributed by atoms with van der Waals surface area (Å²) in [6.07, 6.45) is 2.32. The molecule has 0 aliphatic heterocycles. The Hall–Kier alpha value is -0.820. The van der Waals surface area contributed by atoms with Crippen LogP contribution in [0.15, 0.2) is 24.3 Å². The van der Waals surface area contributed by atoms with Crippen molar-refractivity contribution in [3.05, 3.63) is 35.4 Å². The van der Waals surface area contributed by atoms with Crippen molar-refractivity contribution in [2.24, 2.45) is 5.92 Å². The first-order valence-electron chi connectivity index (χ1n) is 6.15. The minimum Gasteiger partial charge on any atom is -0.385 e. The van der Waals surface area contributed by atoms with Crippen LogP contribution >= 0.6 is 0 Å². The summed E-state index contributed by atoms with van der Waals surface area (Å²) < 4.78 is 0. The molecule has 1 N–H and O–H groups in total. The molecule has 0 saturated heterocycles. The molecule has 0 heterocycles. The van der Waals surface area contributed by atoms with E-state index in [1.165, 1.54) is 5.56 Å². The van der Waals surface area contributed by atoms with E-state index >= 15 is 0 Å². The average Bonchev–Trinajstić information content (AvgIpc) is 3.00. The smallest absolute Gasteiger partial charge is 0.0896 e. The topological polar surface area (TPSA) is 20.2 Å². The molecular weight excluding hydrogens is 196 g/mol. The first-order valence-corrected chi connectivity index (χ1v) is 6.15. The molecule has 0 bridgehead atoms. The fourth-order valence-corrected chi connectivity index (χ4v) is 2.19. The van der Waals surface area contributed by atoms with Crippen molar-refractivity contribution >= 4 is 0 Å². The van der Waals surface area contributed by atoms with Crippen LogP contribution in [0, 0.1) is 5.92 Å². The Morgan fingerprint density at radius 3 is 1.75 bits per heavy atom. The summed E-state index contributed by atoms with van der Waals surface area (Å²) in [5.74, 6) is 0.466. The van der Waals surface area contributed by atoms with Gasteiger partial charge in [0, 0.05) is 0 Å². The van der Waals surface area contributed by atoms with Gasteiger partial charge in [-0.25, -0.2) is 0 Å². The van der Waals surface area contributed by atoms with Gasteiger partial charge in [0.05, 0.1) is 5.60 Å². The lowest BCUT2D eigenvalue weighted by Crippen LogP contribution is -2.24. The van der Waals surface area contributed by atoms with Crippen molar-refractivity contribution in [2.45, 2.75) is 51.6 Å². The molecule has 0 aromatic heterocycles. The Balaban J connectivity index is 2.25. The van der Waals surface area contributed by atoms with Crippen molar-refractivity contribution in [3.8, 4) is 0 Å². The lowest BCUT2D eigenvalue weighted by molar-refractivity contribution is 0.0330. The van der Waals surface area contributed by atoms with Gasteiger partial charge in [0.2, 0.25) is 0 Å². The molecule has 1 atom stereocenters. The highest BCUT2D eigenvalue weighted by molar-refractivity contribution is 5.31. The number of hydrogen-bond donors (Lipinski definition) is 1. The highest BCUT2D eigenvalue weighted by atomic mass is 16.3. The van der Waals surface area contributed by atoms with Crippen molar-refractivity contribution in [3.63, 3.8) is 0 Å². The minimum atomic E-state index is -0.629. The summed E-state index contributed by atoms with van der Waals surface area (Å²) >= 11 is 0. The third-order valence-corrected chi connectivity index (χ3v) is 3.71. The third-order valence-electron chi connectivity index (χ3n) is 3.71. The summed E-state index contributed by atoms with van der Waals surface area (Å²) in [5.41, 5.74) is 1.94. The fourth-order valence-electron chi connectivity index (χ4n) is 2.19. The Bertz CT molecular complexity index is 363. The molecule has 0 radical (unpaired) electrons. The van der Waals surface area contributed by atoms with Crippen molar-refractivity contribution in [1.29, 1.82) is 0 Å². The molecule has 1 aliphatic carbocycles. The molecule has 0 amide bonds. The van der Waals surface area contributed by atoms with E-state index in [1.807, 2.05) is 6.92 Å². The summed E-state index contributed by atoms with van der Waals surface area (Å²) in [7, 11) is 0. The molecule has 88 valence electrons. The second-order valence-electron chi connectivity index (χ2n) is 6.25. The average molecular weight is 218 g/mol. The zero-order chi connectivity index (χ0) is 12.0. The standard InChI is InChI=1S/C15H22O/c1-14(2,3)11-5-7-12(8-6-11)15(4,16)13-9-10-13/h5-8,13,16H,9-10H2,1-4H3/t15-/m0/s1. The van der Waals surface area contributed by atoms with Gasteiger partial charge < -0.3 is 5.11 Å². The Labute approximate surface area is 98.5 Å². The van der Waals surface area contributed by atoms with Crippen LogP contribution in [-0.4, -0.2) is 5.11 Å². The zero-order valence-electron chi connectivity index (χ0n) is 10.7. The number of benzene rings is 1. The third kappa shape index (κ3) is 2.15. The maximum atomic E-state index is 10.4. The molecule has 1 heteroatoms. The predicted octanol–water partition coefficient (Wildman–Crippen LogP) is 3.60. The van der Waals surface area contributed by atoms with E-state index in [4.69, 9.17) is 0 Å². The maximum absolute atomic E-state index is 10.4. The lowest BCUT2D eigenvalue weighted by Gasteiger charge is -2.25. The van der Waals surface area contributed by atoms with Crippen molar-refractivity contribution < 1.29 is 5.11 Å². The predicted molar refractivity (Wildman–Crippen MR) is 67.4 cm³/mol. The van der Waals surface area contributed by atoms with Crippen LogP contribution in [0.1, 0.15) is 51.7 Å². The van der Waals surface area contributed by atoms with Gasteiger partial charge in [0.1, 0.15) is 0 Å². The van der Waals surface area contributed by atoms with Gasteiger partial charge in [-0.1, -0.05) is 45.0 Å². The fraction of sp³-hybridized carbons (Fsp3) is 0.600. The van der Waals surface area contributed by atoms with Gasteiger partial charge in [0.15, 0.2) is 0 Å². The van der Waals surface area contributed by atoms with E-state index in [-0.39, 0.29) is 5.41 Å². The van der Waals surface area contributed by atoms with Crippen LogP contribution in [0.3, 0.4) is 0 Å². The highest BCUT2D eigenvalue weighted by Crippen LogP contribution is 2.45. The van der Waals surface area contributed by atoms with Gasteiger partial charge in [-0.05, 0) is 42.2 Å². The van der Waals surface area contributed by atoms with Crippen LogP contribution in [-0.2, 0) is 11.0 Å². The van der Waals surface area contributed by atoms with Gasteiger partial charge in [0.25, 0.3) is 0 Å². The van der Waals surface area contributed by atoms with E-state index in [0.29, 0.717) is 5.92 Å². The first-order chi connectivity index (χ1) is 7.32. The summed E-state index contributed by atoms with van der Waals surface area (Å²) in [6, 6.07) is 8.45. The van der Waals surface area contributed by atoms with E-state index in [9.17, 15) is 5.11 Å². The van der Waals surface area contributed by atoms with Crippen LogP contribution in [0.4, 0.5) is 0 Å². The number of hydrogen-bond acceptors (Lipinski definition) is 1. The zero-order valence-corrected chi connectivity index (χ0v) is 10.7. The molecular formula is C15H22O. The second-order valence-corrected chi connectivity index (χ2v) is 6.25. The van der Waals surface area contributed by atoms with Crippen molar-refractivity contribution in [1.82, 2.24) is 0 Å². The van der Waals surface area contributed by atoms with Crippen LogP contribution in [0.2, 0.25) is 0 Å². The van der Waals surface area contributed by atoms with Crippen molar-refractivity contribution in [2.75, 3.05) is 0 Å². The molecule has 16 heavy (non-hydrogen) atoms. The van der Waals surface area contributed by atoms with Gasteiger partial charge in [-0.3, -0.25) is 0 Å². The molecule has 1 fully saturated rings.